The Bertz CT molecular complexity index is 994. The largest absolute Gasteiger partial charge is 0.482 e. The van der Waals surface area contributed by atoms with E-state index in [1.54, 1.807) is 24.3 Å². The molecule has 0 aliphatic carbocycles. The summed E-state index contributed by atoms with van der Waals surface area (Å²) in [6.45, 7) is 3.41. The number of ether oxygens (including phenoxy) is 1. The van der Waals surface area contributed by atoms with Gasteiger partial charge in [0.1, 0.15) is 5.75 Å². The molecule has 2 aromatic carbocycles. The summed E-state index contributed by atoms with van der Waals surface area (Å²) in [5.74, 6) is -0.413. The molecule has 0 saturated heterocycles. The fraction of sp³-hybridized carbons (Fsp3) is 0.300. The van der Waals surface area contributed by atoms with Crippen LogP contribution in [0.5, 0.6) is 5.75 Å². The summed E-state index contributed by atoms with van der Waals surface area (Å²) in [7, 11) is -3.65. The number of nitrogens with one attached hydrogen (secondary N) is 3. The van der Waals surface area contributed by atoms with Gasteiger partial charge in [0.2, 0.25) is 15.9 Å². The first-order valence-corrected chi connectivity index (χ1v) is 11.2. The maximum atomic E-state index is 12.2. The number of anilines is 2. The number of hydrogen-bond donors (Lipinski definition) is 3. The number of benzene rings is 2. The third kappa shape index (κ3) is 7.33. The molecule has 0 aliphatic heterocycles. The zero-order chi connectivity index (χ0) is 22.1. The minimum atomic E-state index is -3.65. The molecule has 0 spiro atoms. The van der Waals surface area contributed by atoms with Crippen molar-refractivity contribution in [3.8, 4) is 5.75 Å². The molecular formula is C20H24ClN3O5S. The van der Waals surface area contributed by atoms with Gasteiger partial charge >= 0.3 is 0 Å². The van der Waals surface area contributed by atoms with Crippen LogP contribution in [0.15, 0.2) is 47.4 Å². The van der Waals surface area contributed by atoms with Gasteiger partial charge in [-0.05, 0) is 48.9 Å². The molecule has 2 aromatic rings. The predicted molar refractivity (Wildman–Crippen MR) is 116 cm³/mol. The third-order valence-electron chi connectivity index (χ3n) is 3.88. The molecule has 0 fully saturated rings. The number of halogens is 1. The van der Waals surface area contributed by atoms with E-state index in [4.69, 9.17) is 16.3 Å². The Morgan fingerprint density at radius 1 is 1.03 bits per heavy atom. The maximum Gasteiger partial charge on any atom is 0.262 e. The van der Waals surface area contributed by atoms with E-state index in [9.17, 15) is 18.0 Å². The van der Waals surface area contributed by atoms with Gasteiger partial charge in [0, 0.05) is 24.8 Å². The normalized spacial score (nSPS) is 11.0. The van der Waals surface area contributed by atoms with Gasteiger partial charge in [0.15, 0.2) is 6.61 Å². The molecule has 2 amide bonds. The summed E-state index contributed by atoms with van der Waals surface area (Å²) in [4.78, 5) is 23.1. The molecular weight excluding hydrogens is 430 g/mol. The highest BCUT2D eigenvalue weighted by atomic mass is 35.5. The van der Waals surface area contributed by atoms with Crippen LogP contribution in [0, 0.1) is 0 Å². The molecule has 0 radical (unpaired) electrons. The van der Waals surface area contributed by atoms with Crippen LogP contribution in [-0.4, -0.2) is 33.4 Å². The summed E-state index contributed by atoms with van der Waals surface area (Å²) in [6, 6.07) is 10.7. The number of hydrogen-bond acceptors (Lipinski definition) is 5. The van der Waals surface area contributed by atoms with Crippen LogP contribution in [0.4, 0.5) is 11.4 Å². The van der Waals surface area contributed by atoms with Crippen LogP contribution in [-0.2, 0) is 19.6 Å². The highest BCUT2D eigenvalue weighted by molar-refractivity contribution is 7.89. The summed E-state index contributed by atoms with van der Waals surface area (Å²) >= 11 is 6.12. The van der Waals surface area contributed by atoms with Crippen molar-refractivity contribution in [2.24, 2.45) is 0 Å². The zero-order valence-electron chi connectivity index (χ0n) is 16.7. The van der Waals surface area contributed by atoms with Gasteiger partial charge in [-0.1, -0.05) is 24.9 Å². The molecule has 0 aliphatic rings. The summed E-state index contributed by atoms with van der Waals surface area (Å²) < 4.78 is 32.3. The minimum absolute atomic E-state index is 0.0275. The Labute approximate surface area is 181 Å². The Morgan fingerprint density at radius 2 is 1.67 bits per heavy atom. The average Bonchev–Trinajstić information content (AvgIpc) is 2.68. The van der Waals surface area contributed by atoms with E-state index in [0.29, 0.717) is 17.9 Å². The Kier molecular flexibility index (Phi) is 8.64. The maximum absolute atomic E-state index is 12.2. The first-order chi connectivity index (χ1) is 14.2. The van der Waals surface area contributed by atoms with Crippen LogP contribution in [0.3, 0.4) is 0 Å². The van der Waals surface area contributed by atoms with E-state index in [0.717, 1.165) is 12.8 Å². The van der Waals surface area contributed by atoms with E-state index in [1.807, 2.05) is 6.92 Å². The fourth-order valence-electron chi connectivity index (χ4n) is 2.41. The number of carbonyl (C=O) groups is 2. The molecule has 8 nitrogen and oxygen atoms in total. The van der Waals surface area contributed by atoms with Crippen molar-refractivity contribution in [1.82, 2.24) is 4.72 Å². The van der Waals surface area contributed by atoms with Crippen LogP contribution in [0.1, 0.15) is 26.7 Å². The molecule has 162 valence electrons. The Hall–Kier alpha value is -2.62. The fourth-order valence-corrected chi connectivity index (χ4v) is 3.81. The van der Waals surface area contributed by atoms with E-state index in [2.05, 4.69) is 15.4 Å². The monoisotopic (exact) mass is 453 g/mol. The Morgan fingerprint density at radius 3 is 2.23 bits per heavy atom. The molecule has 0 bridgehead atoms. The number of rotatable bonds is 10. The summed E-state index contributed by atoms with van der Waals surface area (Å²) in [5.41, 5.74) is 1.14. The van der Waals surface area contributed by atoms with Crippen LogP contribution in [0.25, 0.3) is 0 Å². The SMILES string of the molecule is CCCCNS(=O)(=O)c1ccc(OCC(=O)Nc2ccc(NC(C)=O)cc2)c(Cl)c1. The lowest BCUT2D eigenvalue weighted by atomic mass is 10.2. The smallest absolute Gasteiger partial charge is 0.262 e. The number of carbonyl (C=O) groups excluding carboxylic acids is 2. The highest BCUT2D eigenvalue weighted by Crippen LogP contribution is 2.27. The van der Waals surface area contributed by atoms with Crippen molar-refractivity contribution < 1.29 is 22.7 Å². The Balaban J connectivity index is 1.92. The van der Waals surface area contributed by atoms with Crippen LogP contribution >= 0.6 is 11.6 Å². The third-order valence-corrected chi connectivity index (χ3v) is 5.64. The van der Waals surface area contributed by atoms with Crippen LogP contribution in [0.2, 0.25) is 5.02 Å². The quantitative estimate of drug-likeness (QED) is 0.477. The van der Waals surface area contributed by atoms with Crippen LogP contribution < -0.4 is 20.1 Å². The molecule has 0 aromatic heterocycles. The molecule has 30 heavy (non-hydrogen) atoms. The lowest BCUT2D eigenvalue weighted by Gasteiger charge is -2.11. The van der Waals surface area contributed by atoms with E-state index >= 15 is 0 Å². The second-order valence-electron chi connectivity index (χ2n) is 6.44. The number of unbranched alkanes of at least 4 members (excludes halogenated alkanes) is 1. The number of amides is 2. The highest BCUT2D eigenvalue weighted by Gasteiger charge is 2.16. The molecule has 2 rings (SSSR count). The average molecular weight is 454 g/mol. The topological polar surface area (TPSA) is 114 Å². The molecule has 3 N–H and O–H groups in total. The van der Waals surface area contributed by atoms with Crippen molar-refractivity contribution in [3.63, 3.8) is 0 Å². The first kappa shape index (κ1) is 23.7. The summed E-state index contributed by atoms with van der Waals surface area (Å²) in [6.07, 6.45) is 1.61. The van der Waals surface area contributed by atoms with Gasteiger partial charge < -0.3 is 15.4 Å². The lowest BCUT2D eigenvalue weighted by molar-refractivity contribution is -0.118. The van der Waals surface area contributed by atoms with Crippen molar-refractivity contribution >= 4 is 44.8 Å². The van der Waals surface area contributed by atoms with E-state index in [-0.39, 0.29) is 28.2 Å². The summed E-state index contributed by atoms with van der Waals surface area (Å²) in [5, 5.41) is 5.36. The molecule has 0 heterocycles. The standard InChI is InChI=1S/C20H24ClN3O5S/c1-3-4-11-22-30(27,28)17-9-10-19(18(21)12-17)29-13-20(26)24-16-7-5-15(6-8-16)23-14(2)25/h5-10,12,22H,3-4,11,13H2,1-2H3,(H,23,25)(H,24,26). The van der Waals surface area contributed by atoms with Crippen molar-refractivity contribution in [3.05, 3.63) is 47.5 Å². The zero-order valence-corrected chi connectivity index (χ0v) is 18.3. The second-order valence-corrected chi connectivity index (χ2v) is 8.61. The second kappa shape index (κ2) is 11.0. The van der Waals surface area contributed by atoms with Gasteiger partial charge in [-0.2, -0.15) is 0 Å². The molecule has 0 unspecified atom stereocenters. The van der Waals surface area contributed by atoms with Crippen molar-refractivity contribution in [1.29, 1.82) is 0 Å². The lowest BCUT2D eigenvalue weighted by Crippen LogP contribution is -2.24. The molecule has 10 heteroatoms. The van der Waals surface area contributed by atoms with Crippen molar-refractivity contribution in [2.45, 2.75) is 31.6 Å². The van der Waals surface area contributed by atoms with Gasteiger partial charge in [-0.3, -0.25) is 9.59 Å². The first-order valence-electron chi connectivity index (χ1n) is 9.31. The van der Waals surface area contributed by atoms with Gasteiger partial charge in [0.05, 0.1) is 9.92 Å². The van der Waals surface area contributed by atoms with E-state index in [1.165, 1.54) is 25.1 Å². The molecule has 0 saturated carbocycles. The van der Waals surface area contributed by atoms with Gasteiger partial charge in [-0.15, -0.1) is 0 Å². The minimum Gasteiger partial charge on any atom is -0.482 e. The van der Waals surface area contributed by atoms with Gasteiger partial charge in [0.25, 0.3) is 5.91 Å². The molecule has 0 atom stereocenters. The number of sulfonamides is 1. The predicted octanol–water partition coefficient (Wildman–Crippen LogP) is 3.39. The van der Waals surface area contributed by atoms with Crippen molar-refractivity contribution in [2.75, 3.05) is 23.8 Å². The van der Waals surface area contributed by atoms with E-state index < -0.39 is 15.9 Å². The van der Waals surface area contributed by atoms with Gasteiger partial charge in [-0.25, -0.2) is 13.1 Å².